The largest absolute Gasteiger partial charge is 0.497 e. The van der Waals surface area contributed by atoms with Gasteiger partial charge in [-0.05, 0) is 42.8 Å². The molecular formula is C22H24N2O5. The molecule has 29 heavy (non-hydrogen) atoms. The number of hydrogen-bond donors (Lipinski definition) is 1. The first-order chi connectivity index (χ1) is 14.0. The number of methoxy groups -OCH3 is 3. The molecule has 0 saturated heterocycles. The highest BCUT2D eigenvalue weighted by atomic mass is 16.5. The Morgan fingerprint density at radius 2 is 1.76 bits per heavy atom. The van der Waals surface area contributed by atoms with E-state index in [1.54, 1.807) is 51.8 Å². The number of pyridine rings is 1. The van der Waals surface area contributed by atoms with Crippen molar-refractivity contribution in [3.63, 3.8) is 0 Å². The van der Waals surface area contributed by atoms with Crippen LogP contribution >= 0.6 is 0 Å². The second kappa shape index (κ2) is 8.68. The van der Waals surface area contributed by atoms with Crippen LogP contribution in [0.1, 0.15) is 22.8 Å². The molecule has 0 unspecified atom stereocenters. The number of aryl methyl sites for hydroxylation is 1. The second-order valence-electron chi connectivity index (χ2n) is 6.41. The maximum Gasteiger partial charge on any atom is 0.257 e. The van der Waals surface area contributed by atoms with Gasteiger partial charge in [-0.3, -0.25) is 9.59 Å². The standard InChI is InChI=1S/C22H24N2O5/c1-5-24-13-17(21(25)16-11-15(27-2)7-8-18(16)24)22(26)23-12-14-6-9-19(28-3)20(10-14)29-4/h6-11,13H,5,12H2,1-4H3,(H,23,26). The SMILES string of the molecule is CCn1cc(C(=O)NCc2ccc(OC)c(OC)c2)c(=O)c2cc(OC)ccc21. The van der Waals surface area contributed by atoms with Gasteiger partial charge in [0.2, 0.25) is 5.43 Å². The molecule has 2 aromatic carbocycles. The van der Waals surface area contributed by atoms with Gasteiger partial charge in [-0.1, -0.05) is 6.07 Å². The van der Waals surface area contributed by atoms with Crippen LogP contribution in [0.4, 0.5) is 0 Å². The van der Waals surface area contributed by atoms with Crippen molar-refractivity contribution in [2.24, 2.45) is 0 Å². The second-order valence-corrected chi connectivity index (χ2v) is 6.41. The van der Waals surface area contributed by atoms with Gasteiger partial charge in [-0.25, -0.2) is 0 Å². The van der Waals surface area contributed by atoms with Crippen LogP contribution in [0.25, 0.3) is 10.9 Å². The van der Waals surface area contributed by atoms with Crippen LogP contribution in [0.5, 0.6) is 17.2 Å². The Kier molecular flexibility index (Phi) is 6.07. The molecule has 1 amide bonds. The highest BCUT2D eigenvalue weighted by Gasteiger charge is 2.16. The molecule has 152 valence electrons. The van der Waals surface area contributed by atoms with E-state index in [9.17, 15) is 9.59 Å². The van der Waals surface area contributed by atoms with Crippen LogP contribution in [-0.4, -0.2) is 31.8 Å². The van der Waals surface area contributed by atoms with Gasteiger partial charge in [0.25, 0.3) is 5.91 Å². The quantitative estimate of drug-likeness (QED) is 0.664. The van der Waals surface area contributed by atoms with E-state index < -0.39 is 5.91 Å². The number of hydrogen-bond acceptors (Lipinski definition) is 5. The van der Waals surface area contributed by atoms with Crippen molar-refractivity contribution in [1.29, 1.82) is 0 Å². The molecule has 7 nitrogen and oxygen atoms in total. The van der Waals surface area contributed by atoms with Crippen molar-refractivity contribution in [2.75, 3.05) is 21.3 Å². The van der Waals surface area contributed by atoms with Gasteiger partial charge >= 0.3 is 0 Å². The maximum absolute atomic E-state index is 12.9. The Bertz CT molecular complexity index is 1100. The van der Waals surface area contributed by atoms with Gasteiger partial charge in [0, 0.05) is 19.3 Å². The number of carbonyl (C=O) groups is 1. The zero-order chi connectivity index (χ0) is 21.0. The molecule has 7 heteroatoms. The lowest BCUT2D eigenvalue weighted by molar-refractivity contribution is 0.0949. The van der Waals surface area contributed by atoms with Crippen molar-refractivity contribution < 1.29 is 19.0 Å². The fourth-order valence-corrected chi connectivity index (χ4v) is 3.20. The van der Waals surface area contributed by atoms with Crippen LogP contribution in [0, 0.1) is 0 Å². The van der Waals surface area contributed by atoms with Crippen molar-refractivity contribution in [3.8, 4) is 17.2 Å². The molecule has 1 N–H and O–H groups in total. The first-order valence-electron chi connectivity index (χ1n) is 9.22. The average Bonchev–Trinajstić information content (AvgIpc) is 2.77. The number of amides is 1. The van der Waals surface area contributed by atoms with E-state index in [1.807, 2.05) is 23.6 Å². The van der Waals surface area contributed by atoms with Crippen LogP contribution in [0.15, 0.2) is 47.4 Å². The number of fused-ring (bicyclic) bond motifs is 1. The normalized spacial score (nSPS) is 10.6. The molecule has 0 aliphatic carbocycles. The number of aromatic nitrogens is 1. The molecular weight excluding hydrogens is 372 g/mol. The molecule has 0 radical (unpaired) electrons. The molecule has 0 atom stereocenters. The van der Waals surface area contributed by atoms with Gasteiger partial charge in [-0.2, -0.15) is 0 Å². The zero-order valence-electron chi connectivity index (χ0n) is 16.9. The van der Waals surface area contributed by atoms with Crippen molar-refractivity contribution in [1.82, 2.24) is 9.88 Å². The van der Waals surface area contributed by atoms with Crippen molar-refractivity contribution in [3.05, 3.63) is 63.9 Å². The molecule has 0 saturated carbocycles. The first-order valence-corrected chi connectivity index (χ1v) is 9.22. The van der Waals surface area contributed by atoms with E-state index in [4.69, 9.17) is 14.2 Å². The molecule has 1 heterocycles. The number of benzene rings is 2. The third kappa shape index (κ3) is 4.03. The highest BCUT2D eigenvalue weighted by Crippen LogP contribution is 2.27. The molecule has 0 fully saturated rings. The van der Waals surface area contributed by atoms with E-state index in [-0.39, 0.29) is 17.5 Å². The van der Waals surface area contributed by atoms with Crippen LogP contribution in [0.3, 0.4) is 0 Å². The minimum Gasteiger partial charge on any atom is -0.497 e. The summed E-state index contributed by atoms with van der Waals surface area (Å²) in [6, 6.07) is 10.7. The number of nitrogens with one attached hydrogen (secondary N) is 1. The van der Waals surface area contributed by atoms with E-state index in [0.29, 0.717) is 29.2 Å². The van der Waals surface area contributed by atoms with Crippen LogP contribution < -0.4 is 25.0 Å². The lowest BCUT2D eigenvalue weighted by Crippen LogP contribution is -2.29. The Hall–Kier alpha value is -3.48. The van der Waals surface area contributed by atoms with Gasteiger partial charge in [0.1, 0.15) is 11.3 Å². The lowest BCUT2D eigenvalue weighted by Gasteiger charge is -2.13. The number of ether oxygens (including phenoxy) is 3. The molecule has 3 aromatic rings. The summed E-state index contributed by atoms with van der Waals surface area (Å²) in [7, 11) is 4.66. The molecule has 3 rings (SSSR count). The summed E-state index contributed by atoms with van der Waals surface area (Å²) in [6.45, 7) is 2.83. The van der Waals surface area contributed by atoms with E-state index in [1.165, 1.54) is 0 Å². The summed E-state index contributed by atoms with van der Waals surface area (Å²) < 4.78 is 17.6. The van der Waals surface area contributed by atoms with Crippen LogP contribution in [0.2, 0.25) is 0 Å². The molecule has 0 aliphatic heterocycles. The van der Waals surface area contributed by atoms with Crippen molar-refractivity contribution in [2.45, 2.75) is 20.0 Å². The Balaban J connectivity index is 1.91. The summed E-state index contributed by atoms with van der Waals surface area (Å²) >= 11 is 0. The number of carbonyl (C=O) groups excluding carboxylic acids is 1. The van der Waals surface area contributed by atoms with Crippen molar-refractivity contribution >= 4 is 16.8 Å². The smallest absolute Gasteiger partial charge is 0.257 e. The van der Waals surface area contributed by atoms with E-state index in [2.05, 4.69) is 5.32 Å². The average molecular weight is 396 g/mol. The molecule has 1 aromatic heterocycles. The fraction of sp³-hybridized carbons (Fsp3) is 0.273. The van der Waals surface area contributed by atoms with Gasteiger partial charge in [-0.15, -0.1) is 0 Å². The monoisotopic (exact) mass is 396 g/mol. The minimum atomic E-state index is -0.434. The Morgan fingerprint density at radius 3 is 2.41 bits per heavy atom. The maximum atomic E-state index is 12.9. The first kappa shape index (κ1) is 20.3. The third-order valence-electron chi connectivity index (χ3n) is 4.77. The molecule has 0 spiro atoms. The van der Waals surface area contributed by atoms with Gasteiger partial charge in [0.05, 0.1) is 32.2 Å². The van der Waals surface area contributed by atoms with E-state index >= 15 is 0 Å². The summed E-state index contributed by atoms with van der Waals surface area (Å²) in [5, 5.41) is 3.26. The van der Waals surface area contributed by atoms with Gasteiger partial charge < -0.3 is 24.1 Å². The highest BCUT2D eigenvalue weighted by molar-refractivity contribution is 5.97. The number of nitrogens with zero attached hydrogens (tertiary/aromatic N) is 1. The predicted octanol–water partition coefficient (Wildman–Crippen LogP) is 2.98. The molecule has 0 bridgehead atoms. The number of rotatable bonds is 7. The van der Waals surface area contributed by atoms with E-state index in [0.717, 1.165) is 11.1 Å². The fourth-order valence-electron chi connectivity index (χ4n) is 3.20. The van der Waals surface area contributed by atoms with Gasteiger partial charge in [0.15, 0.2) is 11.5 Å². The van der Waals surface area contributed by atoms with Crippen LogP contribution in [-0.2, 0) is 13.1 Å². The Morgan fingerprint density at radius 1 is 1.00 bits per heavy atom. The lowest BCUT2D eigenvalue weighted by atomic mass is 10.1. The summed E-state index contributed by atoms with van der Waals surface area (Å²) in [6.07, 6.45) is 1.60. The summed E-state index contributed by atoms with van der Waals surface area (Å²) in [4.78, 5) is 25.7. The zero-order valence-corrected chi connectivity index (χ0v) is 16.9. The minimum absolute atomic E-state index is 0.0908. The topological polar surface area (TPSA) is 78.8 Å². The Labute approximate surface area is 168 Å². The summed E-state index contributed by atoms with van der Waals surface area (Å²) in [5.41, 5.74) is 1.35. The molecule has 0 aliphatic rings. The summed E-state index contributed by atoms with van der Waals surface area (Å²) in [5.74, 6) is 1.32. The predicted molar refractivity (Wildman–Crippen MR) is 111 cm³/mol. The third-order valence-corrected chi connectivity index (χ3v) is 4.77.